The number of benzene rings is 1. The number of rotatable bonds is 1. The average Bonchev–Trinajstić information content (AvgIpc) is 2.26. The Morgan fingerprint density at radius 2 is 2.07 bits per heavy atom. The van der Waals surface area contributed by atoms with Crippen LogP contribution in [-0.4, -0.2) is 10.9 Å². The quantitative estimate of drug-likeness (QED) is 0.849. The van der Waals surface area contributed by atoms with Crippen molar-refractivity contribution in [1.82, 2.24) is 0 Å². The molecule has 1 atom stereocenters. The van der Waals surface area contributed by atoms with E-state index in [1.165, 1.54) is 0 Å². The third kappa shape index (κ3) is 1.56. The van der Waals surface area contributed by atoms with Crippen LogP contribution in [0.2, 0.25) is 0 Å². The Bertz CT molecular complexity index is 451. The molecule has 2 rings (SSSR count). The third-order valence-corrected chi connectivity index (χ3v) is 3.35. The van der Waals surface area contributed by atoms with Crippen LogP contribution < -0.4 is 0 Å². The molecule has 1 aliphatic carbocycles. The summed E-state index contributed by atoms with van der Waals surface area (Å²) < 4.78 is 0.436. The van der Waals surface area contributed by atoms with Gasteiger partial charge >= 0.3 is 0 Å². The molecule has 1 aromatic rings. The summed E-state index contributed by atoms with van der Waals surface area (Å²) in [5, 5.41) is 10.4. The molecule has 0 amide bonds. The standard InChI is InChI=1S/C12H11BrO2/c1-2-12(15)7-10(13)11(14)8-5-3-4-6-9(8)12/h3-7,15H,2H2,1H3. The molecule has 1 aromatic carbocycles. The zero-order valence-electron chi connectivity index (χ0n) is 8.33. The van der Waals surface area contributed by atoms with Gasteiger partial charge in [0.15, 0.2) is 5.78 Å². The Balaban J connectivity index is 2.69. The summed E-state index contributed by atoms with van der Waals surface area (Å²) in [6.45, 7) is 1.89. The van der Waals surface area contributed by atoms with Crippen LogP contribution in [0.5, 0.6) is 0 Å². The fraction of sp³-hybridized carbons (Fsp3) is 0.250. The number of fused-ring (bicyclic) bond motifs is 1. The molecule has 0 saturated heterocycles. The Hall–Kier alpha value is -0.930. The first-order valence-corrected chi connectivity index (χ1v) is 5.63. The molecule has 1 aliphatic rings. The molecule has 0 spiro atoms. The number of carbonyl (C=O) groups is 1. The second-order valence-electron chi connectivity index (χ2n) is 3.64. The lowest BCUT2D eigenvalue weighted by Crippen LogP contribution is -2.29. The maximum atomic E-state index is 11.8. The van der Waals surface area contributed by atoms with Crippen LogP contribution in [0.1, 0.15) is 29.3 Å². The molecule has 0 bridgehead atoms. The number of halogens is 1. The summed E-state index contributed by atoms with van der Waals surface area (Å²) in [7, 11) is 0. The lowest BCUT2D eigenvalue weighted by molar-refractivity contribution is 0.0772. The minimum Gasteiger partial charge on any atom is -0.381 e. The molecule has 0 fully saturated rings. The van der Waals surface area contributed by atoms with Crippen molar-refractivity contribution < 1.29 is 9.90 Å². The van der Waals surface area contributed by atoms with Gasteiger partial charge in [0.05, 0.1) is 4.48 Å². The van der Waals surface area contributed by atoms with Crippen molar-refractivity contribution in [3.05, 3.63) is 46.0 Å². The van der Waals surface area contributed by atoms with Crippen molar-refractivity contribution in [1.29, 1.82) is 0 Å². The van der Waals surface area contributed by atoms with Crippen molar-refractivity contribution in [3.63, 3.8) is 0 Å². The zero-order valence-corrected chi connectivity index (χ0v) is 9.91. The molecule has 1 N–H and O–H groups in total. The third-order valence-electron chi connectivity index (χ3n) is 2.76. The first-order valence-electron chi connectivity index (χ1n) is 4.83. The van der Waals surface area contributed by atoms with Crippen molar-refractivity contribution >= 4 is 21.7 Å². The van der Waals surface area contributed by atoms with Crippen LogP contribution >= 0.6 is 15.9 Å². The maximum absolute atomic E-state index is 11.8. The van der Waals surface area contributed by atoms with Gasteiger partial charge < -0.3 is 5.11 Å². The number of ketones is 1. The van der Waals surface area contributed by atoms with Gasteiger partial charge in [0.25, 0.3) is 0 Å². The number of aliphatic hydroxyl groups is 1. The summed E-state index contributed by atoms with van der Waals surface area (Å²) in [4.78, 5) is 11.8. The smallest absolute Gasteiger partial charge is 0.200 e. The molecule has 0 aliphatic heterocycles. The van der Waals surface area contributed by atoms with E-state index in [0.29, 0.717) is 22.0 Å². The van der Waals surface area contributed by atoms with Crippen LogP contribution in [0.25, 0.3) is 0 Å². The number of hydrogen-bond acceptors (Lipinski definition) is 2. The normalized spacial score (nSPS) is 24.7. The monoisotopic (exact) mass is 266 g/mol. The summed E-state index contributed by atoms with van der Waals surface area (Å²) in [5.41, 5.74) is 0.250. The molecule has 15 heavy (non-hydrogen) atoms. The average molecular weight is 267 g/mol. The van der Waals surface area contributed by atoms with Crippen LogP contribution in [-0.2, 0) is 5.60 Å². The highest BCUT2D eigenvalue weighted by Crippen LogP contribution is 2.37. The maximum Gasteiger partial charge on any atom is 0.200 e. The van der Waals surface area contributed by atoms with Crippen molar-refractivity contribution in [2.24, 2.45) is 0 Å². The predicted octanol–water partition coefficient (Wildman–Crippen LogP) is 2.76. The van der Waals surface area contributed by atoms with E-state index in [-0.39, 0.29) is 5.78 Å². The molecule has 1 unspecified atom stereocenters. The summed E-state index contributed by atoms with van der Waals surface area (Å²) in [6.07, 6.45) is 2.13. The Morgan fingerprint density at radius 1 is 1.40 bits per heavy atom. The van der Waals surface area contributed by atoms with E-state index in [4.69, 9.17) is 0 Å². The summed E-state index contributed by atoms with van der Waals surface area (Å²) >= 11 is 3.19. The first-order chi connectivity index (χ1) is 7.08. The van der Waals surface area contributed by atoms with Crippen LogP contribution in [0, 0.1) is 0 Å². The number of carbonyl (C=O) groups excluding carboxylic acids is 1. The molecule has 78 valence electrons. The fourth-order valence-electron chi connectivity index (χ4n) is 1.83. The topological polar surface area (TPSA) is 37.3 Å². The van der Waals surface area contributed by atoms with E-state index < -0.39 is 5.60 Å². The molecule has 0 heterocycles. The van der Waals surface area contributed by atoms with Gasteiger partial charge in [-0.1, -0.05) is 31.2 Å². The molecule has 0 saturated carbocycles. The number of allylic oxidation sites excluding steroid dienone is 1. The van der Waals surface area contributed by atoms with E-state index >= 15 is 0 Å². The SMILES string of the molecule is CCC1(O)C=C(Br)C(=O)c2ccccc21. The van der Waals surface area contributed by atoms with E-state index in [2.05, 4.69) is 15.9 Å². The Morgan fingerprint density at radius 3 is 2.73 bits per heavy atom. The second kappa shape index (κ2) is 3.58. The molecule has 3 heteroatoms. The minimum absolute atomic E-state index is 0.0660. The number of hydrogen-bond donors (Lipinski definition) is 1. The van der Waals surface area contributed by atoms with Crippen LogP contribution in [0.4, 0.5) is 0 Å². The van der Waals surface area contributed by atoms with Gasteiger partial charge in [0.1, 0.15) is 5.60 Å². The lowest BCUT2D eigenvalue weighted by Gasteiger charge is -2.29. The highest BCUT2D eigenvalue weighted by molar-refractivity contribution is 9.12. The van der Waals surface area contributed by atoms with Gasteiger partial charge in [-0.05, 0) is 34.0 Å². The predicted molar refractivity (Wildman–Crippen MR) is 62.0 cm³/mol. The Kier molecular flexibility index (Phi) is 2.52. The first kappa shape index (κ1) is 10.6. The van der Waals surface area contributed by atoms with E-state index in [9.17, 15) is 9.90 Å². The van der Waals surface area contributed by atoms with Gasteiger partial charge in [0.2, 0.25) is 0 Å². The van der Waals surface area contributed by atoms with Crippen molar-refractivity contribution in [2.75, 3.05) is 0 Å². The number of Topliss-reactive ketones (excluding diaryl/α,β-unsaturated/α-hetero) is 1. The molecule has 2 nitrogen and oxygen atoms in total. The van der Waals surface area contributed by atoms with Gasteiger partial charge in [-0.25, -0.2) is 0 Å². The van der Waals surface area contributed by atoms with Gasteiger partial charge in [-0.2, -0.15) is 0 Å². The van der Waals surface area contributed by atoms with E-state index in [1.54, 1.807) is 24.3 Å². The summed E-state index contributed by atoms with van der Waals surface area (Å²) in [6, 6.07) is 7.18. The van der Waals surface area contributed by atoms with Crippen molar-refractivity contribution in [2.45, 2.75) is 18.9 Å². The molecular weight excluding hydrogens is 256 g/mol. The highest BCUT2D eigenvalue weighted by Gasteiger charge is 2.34. The van der Waals surface area contributed by atoms with Gasteiger partial charge in [0, 0.05) is 5.56 Å². The molecule has 0 radical (unpaired) electrons. The molecule has 0 aromatic heterocycles. The highest BCUT2D eigenvalue weighted by atomic mass is 79.9. The second-order valence-corrected chi connectivity index (χ2v) is 4.50. The van der Waals surface area contributed by atoms with Crippen molar-refractivity contribution in [3.8, 4) is 0 Å². The lowest BCUT2D eigenvalue weighted by atomic mass is 9.82. The van der Waals surface area contributed by atoms with Crippen LogP contribution in [0.3, 0.4) is 0 Å². The van der Waals surface area contributed by atoms with Gasteiger partial charge in [-0.15, -0.1) is 0 Å². The summed E-state index contributed by atoms with van der Waals surface area (Å²) in [5.74, 6) is -0.0660. The fourth-order valence-corrected chi connectivity index (χ4v) is 2.43. The van der Waals surface area contributed by atoms with E-state index in [1.807, 2.05) is 13.0 Å². The van der Waals surface area contributed by atoms with E-state index in [0.717, 1.165) is 0 Å². The largest absolute Gasteiger partial charge is 0.381 e. The van der Waals surface area contributed by atoms with Crippen LogP contribution in [0.15, 0.2) is 34.8 Å². The molecular formula is C12H11BrO2. The minimum atomic E-state index is -1.02. The zero-order chi connectivity index (χ0) is 11.1. The Labute approximate surface area is 96.7 Å². The van der Waals surface area contributed by atoms with Gasteiger partial charge in [-0.3, -0.25) is 4.79 Å².